The van der Waals surface area contributed by atoms with E-state index in [4.69, 9.17) is 5.73 Å². The van der Waals surface area contributed by atoms with Crippen LogP contribution in [0.3, 0.4) is 0 Å². The summed E-state index contributed by atoms with van der Waals surface area (Å²) >= 11 is 0. The lowest BCUT2D eigenvalue weighted by atomic mass is 10.0. The van der Waals surface area contributed by atoms with Crippen LogP contribution < -0.4 is 5.73 Å². The monoisotopic (exact) mass is 419 g/mol. The zero-order chi connectivity index (χ0) is 19.9. The van der Waals surface area contributed by atoms with E-state index in [1.165, 1.54) is 12.1 Å². The Morgan fingerprint density at radius 1 is 1.14 bits per heavy atom. The maximum Gasteiger partial charge on any atom is 0.209 e. The maximum absolute atomic E-state index is 13.7. The number of anilines is 1. The fourth-order valence-corrected chi connectivity index (χ4v) is 3.54. The quantitative estimate of drug-likeness (QED) is 0.621. The molecule has 6 nitrogen and oxygen atoms in total. The van der Waals surface area contributed by atoms with Gasteiger partial charge in [-0.2, -0.15) is 0 Å². The highest BCUT2D eigenvalue weighted by atomic mass is 35.5. The van der Waals surface area contributed by atoms with Crippen LogP contribution in [0.2, 0.25) is 0 Å². The molecule has 0 bridgehead atoms. The molecular weight excluding hydrogens is 400 g/mol. The van der Waals surface area contributed by atoms with E-state index in [1.54, 1.807) is 4.57 Å². The van der Waals surface area contributed by atoms with Gasteiger partial charge in [0.05, 0.1) is 0 Å². The van der Waals surface area contributed by atoms with Crippen LogP contribution in [0.1, 0.15) is 38.4 Å². The summed E-state index contributed by atoms with van der Waals surface area (Å²) in [4.78, 5) is 13.0. The molecule has 3 N–H and O–H groups in total. The van der Waals surface area contributed by atoms with Crippen LogP contribution in [-0.4, -0.2) is 30.2 Å². The summed E-state index contributed by atoms with van der Waals surface area (Å²) < 4.78 is 29.0. The minimum absolute atomic E-state index is 0. The zero-order valence-corrected chi connectivity index (χ0v) is 16.6. The Labute approximate surface area is 172 Å². The molecule has 0 radical (unpaired) electrons. The summed E-state index contributed by atoms with van der Waals surface area (Å²) in [5, 5.41) is 10.4. The van der Waals surface area contributed by atoms with Crippen molar-refractivity contribution < 1.29 is 13.9 Å². The normalized spacial score (nSPS) is 15.0. The van der Waals surface area contributed by atoms with Crippen molar-refractivity contribution in [2.24, 2.45) is 0 Å². The van der Waals surface area contributed by atoms with Gasteiger partial charge in [-0.05, 0) is 50.7 Å². The zero-order valence-electron chi connectivity index (χ0n) is 15.7. The van der Waals surface area contributed by atoms with Gasteiger partial charge in [-0.25, -0.2) is 23.7 Å². The third-order valence-electron chi connectivity index (χ3n) is 4.90. The molecule has 1 fully saturated rings. The average Bonchev–Trinajstić information content (AvgIpc) is 3.23. The molecule has 1 aliphatic carbocycles. The number of aliphatic hydroxyl groups is 1. The Kier molecular flexibility index (Phi) is 5.73. The van der Waals surface area contributed by atoms with Crippen molar-refractivity contribution in [2.45, 2.75) is 44.8 Å². The number of nitrogens with zero attached hydrogens (tertiary/aromatic N) is 4. The number of hydrogen-bond acceptors (Lipinski definition) is 5. The molecule has 9 heteroatoms. The highest BCUT2D eigenvalue weighted by molar-refractivity contribution is 5.86. The molecule has 1 saturated carbocycles. The first-order valence-electron chi connectivity index (χ1n) is 9.14. The van der Waals surface area contributed by atoms with Gasteiger partial charge >= 0.3 is 0 Å². The Bertz CT molecular complexity index is 1110. The fraction of sp³-hybridized carbons (Fsp3) is 0.350. The van der Waals surface area contributed by atoms with Crippen molar-refractivity contribution in [3.8, 4) is 23.2 Å². The number of aromatic nitrogens is 4. The molecular formula is C20H20ClF2N5O. The van der Waals surface area contributed by atoms with Gasteiger partial charge in [0.1, 0.15) is 23.1 Å². The number of imidazole rings is 1. The molecule has 1 aliphatic rings. The molecule has 0 saturated heterocycles. The molecule has 0 unspecified atom stereocenters. The van der Waals surface area contributed by atoms with E-state index in [0.717, 1.165) is 18.9 Å². The van der Waals surface area contributed by atoms with Crippen LogP contribution in [0, 0.1) is 23.5 Å². The van der Waals surface area contributed by atoms with E-state index < -0.39 is 17.2 Å². The largest absolute Gasteiger partial charge is 0.382 e. The number of nitrogens with two attached hydrogens (primary N) is 1. The molecule has 0 atom stereocenters. The second-order valence-electron chi connectivity index (χ2n) is 6.93. The smallest absolute Gasteiger partial charge is 0.209 e. The summed E-state index contributed by atoms with van der Waals surface area (Å²) in [6, 6.07) is 3.21. The third-order valence-corrected chi connectivity index (χ3v) is 4.90. The molecule has 0 aliphatic heterocycles. The highest BCUT2D eigenvalue weighted by Crippen LogP contribution is 2.29. The fourth-order valence-electron chi connectivity index (χ4n) is 3.54. The number of benzene rings is 1. The molecule has 0 amide bonds. The summed E-state index contributed by atoms with van der Waals surface area (Å²) in [7, 11) is 0. The lowest BCUT2D eigenvalue weighted by Gasteiger charge is -2.12. The lowest BCUT2D eigenvalue weighted by Crippen LogP contribution is -2.20. The molecule has 4 rings (SSSR count). The minimum Gasteiger partial charge on any atom is -0.382 e. The van der Waals surface area contributed by atoms with E-state index in [0.29, 0.717) is 36.4 Å². The van der Waals surface area contributed by atoms with Crippen LogP contribution in [0.15, 0.2) is 18.2 Å². The number of fused-ring (bicyclic) bond motifs is 1. The van der Waals surface area contributed by atoms with Crippen LogP contribution >= 0.6 is 12.4 Å². The van der Waals surface area contributed by atoms with E-state index in [-0.39, 0.29) is 29.6 Å². The minimum atomic E-state index is -1.01. The lowest BCUT2D eigenvalue weighted by molar-refractivity contribution is 0.110. The number of halogens is 3. The summed E-state index contributed by atoms with van der Waals surface area (Å²) in [5.74, 6) is 4.92. The molecule has 2 heterocycles. The molecule has 2 aromatic heterocycles. The maximum atomic E-state index is 13.7. The second-order valence-corrected chi connectivity index (χ2v) is 6.93. The molecule has 3 aromatic rings. The number of aryl methyl sites for hydroxylation is 1. The number of hydrogen-bond donors (Lipinski definition) is 2. The van der Waals surface area contributed by atoms with Crippen molar-refractivity contribution in [1.29, 1.82) is 0 Å². The Morgan fingerprint density at radius 3 is 2.41 bits per heavy atom. The first-order valence-corrected chi connectivity index (χ1v) is 9.14. The Balaban J connectivity index is 0.00000240. The van der Waals surface area contributed by atoms with Gasteiger partial charge in [0, 0.05) is 18.2 Å². The first kappa shape index (κ1) is 21.0. The predicted molar refractivity (Wildman–Crippen MR) is 108 cm³/mol. The first-order chi connectivity index (χ1) is 13.4. The van der Waals surface area contributed by atoms with Crippen molar-refractivity contribution >= 4 is 29.4 Å². The highest BCUT2D eigenvalue weighted by Gasteiger charge is 2.28. The van der Waals surface area contributed by atoms with Crippen LogP contribution in [-0.2, 0) is 6.54 Å². The SMILES string of the molecule is CCn1c(-c2cc(F)cc(F)c2)nc2c(N)nc(C#CC3(O)CCCC3)nc21.Cl. The summed E-state index contributed by atoms with van der Waals surface area (Å²) in [6.07, 6.45) is 3.12. The number of nitrogen functional groups attached to an aromatic ring is 1. The van der Waals surface area contributed by atoms with Gasteiger partial charge in [-0.1, -0.05) is 5.92 Å². The Morgan fingerprint density at radius 2 is 1.79 bits per heavy atom. The van der Waals surface area contributed by atoms with Crippen molar-refractivity contribution in [2.75, 3.05) is 5.73 Å². The van der Waals surface area contributed by atoms with Gasteiger partial charge < -0.3 is 15.4 Å². The average molecular weight is 420 g/mol. The van der Waals surface area contributed by atoms with Crippen LogP contribution in [0.25, 0.3) is 22.6 Å². The third kappa shape index (κ3) is 4.02. The van der Waals surface area contributed by atoms with Crippen molar-refractivity contribution in [3.05, 3.63) is 35.7 Å². The van der Waals surface area contributed by atoms with Crippen LogP contribution in [0.5, 0.6) is 0 Å². The molecule has 1 aromatic carbocycles. The van der Waals surface area contributed by atoms with Crippen LogP contribution in [0.4, 0.5) is 14.6 Å². The van der Waals surface area contributed by atoms with Gasteiger partial charge in [0.2, 0.25) is 5.82 Å². The van der Waals surface area contributed by atoms with E-state index in [1.807, 2.05) is 6.92 Å². The van der Waals surface area contributed by atoms with Crippen molar-refractivity contribution in [1.82, 2.24) is 19.5 Å². The van der Waals surface area contributed by atoms with Gasteiger partial charge in [0.25, 0.3) is 0 Å². The second kappa shape index (κ2) is 7.93. The van der Waals surface area contributed by atoms with Gasteiger partial charge in [0.15, 0.2) is 17.0 Å². The summed E-state index contributed by atoms with van der Waals surface area (Å²) in [6.45, 7) is 2.32. The molecule has 29 heavy (non-hydrogen) atoms. The van der Waals surface area contributed by atoms with E-state index in [2.05, 4.69) is 26.8 Å². The summed E-state index contributed by atoms with van der Waals surface area (Å²) in [5.41, 5.74) is 6.08. The molecule has 0 spiro atoms. The topological polar surface area (TPSA) is 89.9 Å². The van der Waals surface area contributed by atoms with Gasteiger partial charge in [-0.3, -0.25) is 0 Å². The van der Waals surface area contributed by atoms with Crippen molar-refractivity contribution in [3.63, 3.8) is 0 Å². The molecule has 152 valence electrons. The van der Waals surface area contributed by atoms with Gasteiger partial charge in [-0.15, -0.1) is 12.4 Å². The van der Waals surface area contributed by atoms with E-state index in [9.17, 15) is 13.9 Å². The van der Waals surface area contributed by atoms with E-state index >= 15 is 0 Å². The predicted octanol–water partition coefficient (Wildman–Crippen LogP) is 3.45. The standard InChI is InChI=1S/C20H19F2N5O.ClH/c1-2-27-18(12-9-13(21)11-14(22)10-12)26-16-17(23)24-15(25-19(16)27)5-8-20(28)6-3-4-7-20;/h9-11,28H,2-4,6-7H2,1H3,(H2,23,24,25);1H. The number of rotatable bonds is 2. The Hall–Kier alpha value is -2.76.